The SMILES string of the molecule is CCCCC/C=C\C/C=C\CCCCCCCC(=O)OC[C@H](COP(=O)(O)OCC(O)COP(=O)(O)OC[C@@H](COC(=O)CCCCCCC/C=C\CCCCCCCC)OC(=O)CCCCCCC/C=C\CCCCCC)OC(=O)CCCCCCC/C=C\C/C=C\CCCCC. The van der Waals surface area contributed by atoms with Gasteiger partial charge in [-0.1, -0.05) is 255 Å². The molecule has 0 aliphatic heterocycles. The Morgan fingerprint density at radius 2 is 0.500 bits per heavy atom. The fourth-order valence-corrected chi connectivity index (χ4v) is 12.1. The van der Waals surface area contributed by atoms with E-state index in [2.05, 4.69) is 101 Å². The van der Waals surface area contributed by atoms with Crippen molar-refractivity contribution in [2.75, 3.05) is 39.6 Å². The molecule has 0 fully saturated rings. The zero-order valence-electron chi connectivity index (χ0n) is 62.2. The fourth-order valence-electron chi connectivity index (χ4n) is 10.6. The van der Waals surface area contributed by atoms with Gasteiger partial charge >= 0.3 is 39.5 Å². The third kappa shape index (κ3) is 70.9. The number of aliphatic hydroxyl groups excluding tert-OH is 1. The molecule has 0 aromatic heterocycles. The first-order valence-electron chi connectivity index (χ1n) is 39.2. The van der Waals surface area contributed by atoms with Crippen LogP contribution in [0, 0.1) is 0 Å². The van der Waals surface area contributed by atoms with E-state index in [9.17, 15) is 43.2 Å². The molecule has 3 N–H and O–H groups in total. The Balaban J connectivity index is 5.36. The van der Waals surface area contributed by atoms with E-state index in [4.69, 9.17) is 37.0 Å². The predicted octanol–water partition coefficient (Wildman–Crippen LogP) is 22.4. The topological polar surface area (TPSA) is 237 Å². The molecule has 0 aromatic rings. The van der Waals surface area contributed by atoms with Crippen molar-refractivity contribution in [3.05, 3.63) is 72.9 Å². The van der Waals surface area contributed by atoms with Crippen molar-refractivity contribution in [3.63, 3.8) is 0 Å². The van der Waals surface area contributed by atoms with Crippen molar-refractivity contribution in [2.24, 2.45) is 0 Å². The number of ether oxygens (including phenoxy) is 4. The Morgan fingerprint density at radius 1 is 0.286 bits per heavy atom. The monoisotopic (exact) mass is 1420 g/mol. The van der Waals surface area contributed by atoms with Crippen LogP contribution >= 0.6 is 15.6 Å². The minimum Gasteiger partial charge on any atom is -0.462 e. The van der Waals surface area contributed by atoms with Gasteiger partial charge in [0.2, 0.25) is 0 Å². The lowest BCUT2D eigenvalue weighted by atomic mass is 10.1. The van der Waals surface area contributed by atoms with E-state index in [1.807, 2.05) is 0 Å². The number of aliphatic hydroxyl groups is 1. The summed E-state index contributed by atoms with van der Waals surface area (Å²) in [4.78, 5) is 72.9. The van der Waals surface area contributed by atoms with E-state index < -0.39 is 97.5 Å². The Kier molecular flexibility index (Phi) is 69.3. The standard InChI is InChI=1S/C79H142O17P2/c1-5-9-13-17-21-25-29-33-36-40-43-47-51-55-59-63-76(81)89-69-74(95-78(83)65-61-57-53-49-45-39-32-28-24-20-16-12-8-4)71-93-97(85,86)91-67-73(80)68-92-98(87,88)94-72-75(96-79(84)66-62-58-54-50-46-42-38-35-31-27-23-19-15-11-7-3)70-90-77(82)64-60-56-52-48-44-41-37-34-30-26-22-18-14-10-6-2/h22-23,26-28,32-38,73-75,80H,5-21,24-25,29-31,39-72H2,1-4H3,(H,85,86)(H,87,88)/b26-22-,27-23-,32-28-,36-33-,37-34-,38-35-/t73?,74-,75-/m1/s1. The first-order chi connectivity index (χ1) is 47.7. The van der Waals surface area contributed by atoms with Crippen LogP contribution in [0.3, 0.4) is 0 Å². The summed E-state index contributed by atoms with van der Waals surface area (Å²) in [5.41, 5.74) is 0. The number of carbonyl (C=O) groups is 4. The molecular weight excluding hydrogens is 1280 g/mol. The molecule has 0 amide bonds. The lowest BCUT2D eigenvalue weighted by Crippen LogP contribution is -2.30. The van der Waals surface area contributed by atoms with Gasteiger partial charge in [0.05, 0.1) is 26.4 Å². The van der Waals surface area contributed by atoms with Crippen LogP contribution in [0.4, 0.5) is 0 Å². The second-order valence-corrected chi connectivity index (χ2v) is 29.2. The maximum Gasteiger partial charge on any atom is 0.472 e. The number of allylic oxidation sites excluding steroid dienone is 12. The van der Waals surface area contributed by atoms with Gasteiger partial charge in [-0.15, -0.1) is 0 Å². The van der Waals surface area contributed by atoms with Crippen LogP contribution in [0.2, 0.25) is 0 Å². The molecule has 0 aliphatic rings. The van der Waals surface area contributed by atoms with Gasteiger partial charge in [0, 0.05) is 25.7 Å². The average Bonchev–Trinajstić information content (AvgIpc) is 1.04. The summed E-state index contributed by atoms with van der Waals surface area (Å²) in [7, 11) is -9.95. The molecule has 0 spiro atoms. The minimum absolute atomic E-state index is 0.0778. The van der Waals surface area contributed by atoms with Crippen molar-refractivity contribution in [1.82, 2.24) is 0 Å². The van der Waals surface area contributed by atoms with Crippen LogP contribution in [-0.4, -0.2) is 96.7 Å². The van der Waals surface area contributed by atoms with Gasteiger partial charge in [0.25, 0.3) is 0 Å². The van der Waals surface area contributed by atoms with Gasteiger partial charge in [0.15, 0.2) is 12.2 Å². The van der Waals surface area contributed by atoms with Gasteiger partial charge in [0.1, 0.15) is 19.3 Å². The lowest BCUT2D eigenvalue weighted by Gasteiger charge is -2.21. The summed E-state index contributed by atoms with van der Waals surface area (Å²) in [5.74, 6) is -2.20. The summed E-state index contributed by atoms with van der Waals surface area (Å²) in [6.07, 6.45) is 71.6. The molecule has 0 bridgehead atoms. The van der Waals surface area contributed by atoms with E-state index >= 15 is 0 Å². The highest BCUT2D eigenvalue weighted by Gasteiger charge is 2.30. The summed E-state index contributed by atoms with van der Waals surface area (Å²) in [6.45, 7) is 4.80. The van der Waals surface area contributed by atoms with E-state index in [0.717, 1.165) is 167 Å². The summed E-state index contributed by atoms with van der Waals surface area (Å²) < 4.78 is 68.5. The van der Waals surface area contributed by atoms with Crippen LogP contribution in [0.15, 0.2) is 72.9 Å². The van der Waals surface area contributed by atoms with Crippen molar-refractivity contribution >= 4 is 39.5 Å². The maximum atomic E-state index is 13.1. The molecule has 0 rings (SSSR count). The molecule has 19 heteroatoms. The van der Waals surface area contributed by atoms with Gasteiger partial charge in [-0.2, -0.15) is 0 Å². The second-order valence-electron chi connectivity index (χ2n) is 26.3. The van der Waals surface area contributed by atoms with Crippen LogP contribution in [-0.2, 0) is 65.4 Å². The van der Waals surface area contributed by atoms with Crippen molar-refractivity contribution < 1.29 is 80.2 Å². The largest absolute Gasteiger partial charge is 0.472 e. The smallest absolute Gasteiger partial charge is 0.462 e. The van der Waals surface area contributed by atoms with Crippen molar-refractivity contribution in [1.29, 1.82) is 0 Å². The number of hydrogen-bond acceptors (Lipinski definition) is 15. The van der Waals surface area contributed by atoms with E-state index in [0.29, 0.717) is 25.7 Å². The lowest BCUT2D eigenvalue weighted by molar-refractivity contribution is -0.161. The van der Waals surface area contributed by atoms with Crippen molar-refractivity contribution in [2.45, 2.75) is 367 Å². The Bertz CT molecular complexity index is 2140. The summed E-state index contributed by atoms with van der Waals surface area (Å²) in [6, 6.07) is 0. The maximum absolute atomic E-state index is 13.1. The number of hydrogen-bond donors (Lipinski definition) is 3. The first kappa shape index (κ1) is 94.5. The molecular formula is C79H142O17P2. The molecule has 17 nitrogen and oxygen atoms in total. The van der Waals surface area contributed by atoms with Gasteiger partial charge in [-0.3, -0.25) is 37.3 Å². The minimum atomic E-state index is -4.98. The van der Waals surface area contributed by atoms with Crippen LogP contribution in [0.5, 0.6) is 0 Å². The zero-order valence-corrected chi connectivity index (χ0v) is 64.0. The molecule has 0 saturated carbocycles. The molecule has 0 saturated heterocycles. The fraction of sp³-hybridized carbons (Fsp3) is 0.797. The van der Waals surface area contributed by atoms with Crippen molar-refractivity contribution in [3.8, 4) is 0 Å². The number of unbranched alkanes of at least 4 members (excludes halogenated alkanes) is 36. The van der Waals surface area contributed by atoms with Crippen LogP contribution < -0.4 is 0 Å². The van der Waals surface area contributed by atoms with Gasteiger partial charge in [-0.25, -0.2) is 9.13 Å². The highest BCUT2D eigenvalue weighted by atomic mass is 31.2. The number of esters is 4. The van der Waals surface area contributed by atoms with E-state index in [1.54, 1.807) is 0 Å². The zero-order chi connectivity index (χ0) is 71.8. The Labute approximate surface area is 596 Å². The Morgan fingerprint density at radius 3 is 0.796 bits per heavy atom. The first-order valence-corrected chi connectivity index (χ1v) is 42.2. The quantitative estimate of drug-likeness (QED) is 0.0169. The molecule has 0 aliphatic carbocycles. The number of phosphoric ester groups is 2. The molecule has 0 radical (unpaired) electrons. The number of phosphoric acid groups is 2. The second kappa shape index (κ2) is 71.9. The van der Waals surface area contributed by atoms with E-state index in [1.165, 1.54) is 103 Å². The molecule has 98 heavy (non-hydrogen) atoms. The van der Waals surface area contributed by atoms with E-state index in [-0.39, 0.29) is 25.7 Å². The highest BCUT2D eigenvalue weighted by molar-refractivity contribution is 7.47. The normalized spacial score (nSPS) is 14.3. The van der Waals surface area contributed by atoms with Gasteiger partial charge < -0.3 is 33.8 Å². The Hall–Kier alpha value is -3.50. The summed E-state index contributed by atoms with van der Waals surface area (Å²) in [5, 5.41) is 10.6. The predicted molar refractivity (Wildman–Crippen MR) is 400 cm³/mol. The van der Waals surface area contributed by atoms with Crippen LogP contribution in [0.25, 0.3) is 0 Å². The molecule has 570 valence electrons. The highest BCUT2D eigenvalue weighted by Crippen LogP contribution is 2.45. The number of carbonyl (C=O) groups excluding carboxylic acids is 4. The molecule has 0 aromatic carbocycles. The number of rotatable bonds is 74. The molecule has 3 unspecified atom stereocenters. The average molecular weight is 1430 g/mol. The third-order valence-corrected chi connectivity index (χ3v) is 18.5. The third-order valence-electron chi connectivity index (χ3n) is 16.6. The van der Waals surface area contributed by atoms with Crippen LogP contribution in [0.1, 0.15) is 349 Å². The molecule has 5 atom stereocenters. The summed E-state index contributed by atoms with van der Waals surface area (Å²) >= 11 is 0. The molecule has 0 heterocycles. The van der Waals surface area contributed by atoms with Gasteiger partial charge in [-0.05, 0) is 141 Å².